The Morgan fingerprint density at radius 2 is 1.75 bits per heavy atom. The SMILES string of the molecule is CC(Sc1ccc(Cl)cc1)C(=O)NCc1cccc2ccccc12. The maximum Gasteiger partial charge on any atom is 0.233 e. The minimum absolute atomic E-state index is 0.0304. The largest absolute Gasteiger partial charge is 0.351 e. The predicted octanol–water partition coefficient (Wildman–Crippen LogP) is 5.29. The van der Waals surface area contributed by atoms with Crippen molar-refractivity contribution in [2.75, 3.05) is 0 Å². The summed E-state index contributed by atoms with van der Waals surface area (Å²) in [6.45, 7) is 2.45. The van der Waals surface area contributed by atoms with Gasteiger partial charge < -0.3 is 5.32 Å². The zero-order chi connectivity index (χ0) is 16.9. The van der Waals surface area contributed by atoms with Crippen molar-refractivity contribution in [1.82, 2.24) is 5.32 Å². The number of carbonyl (C=O) groups excluding carboxylic acids is 1. The molecule has 0 spiro atoms. The molecule has 1 amide bonds. The van der Waals surface area contributed by atoms with Crippen LogP contribution in [0.2, 0.25) is 5.02 Å². The van der Waals surface area contributed by atoms with E-state index in [0.29, 0.717) is 11.6 Å². The van der Waals surface area contributed by atoms with E-state index in [-0.39, 0.29) is 11.2 Å². The molecule has 0 aliphatic carbocycles. The van der Waals surface area contributed by atoms with Gasteiger partial charge in [0.15, 0.2) is 0 Å². The van der Waals surface area contributed by atoms with Crippen molar-refractivity contribution in [3.8, 4) is 0 Å². The Bertz CT molecular complexity index is 842. The van der Waals surface area contributed by atoms with Crippen LogP contribution >= 0.6 is 23.4 Å². The van der Waals surface area contributed by atoms with Crippen LogP contribution in [0.3, 0.4) is 0 Å². The highest BCUT2D eigenvalue weighted by Gasteiger charge is 2.14. The summed E-state index contributed by atoms with van der Waals surface area (Å²) in [4.78, 5) is 13.4. The highest BCUT2D eigenvalue weighted by molar-refractivity contribution is 8.00. The van der Waals surface area contributed by atoms with E-state index in [0.717, 1.165) is 10.5 Å². The minimum atomic E-state index is -0.166. The summed E-state index contributed by atoms with van der Waals surface area (Å²) in [6.07, 6.45) is 0. The van der Waals surface area contributed by atoms with Gasteiger partial charge in [-0.25, -0.2) is 0 Å². The Morgan fingerprint density at radius 1 is 1.04 bits per heavy atom. The van der Waals surface area contributed by atoms with Crippen LogP contribution in [0.15, 0.2) is 71.6 Å². The summed E-state index contributed by atoms with van der Waals surface area (Å²) in [5.41, 5.74) is 1.13. The van der Waals surface area contributed by atoms with Gasteiger partial charge in [-0.3, -0.25) is 4.79 Å². The number of thioether (sulfide) groups is 1. The van der Waals surface area contributed by atoms with E-state index in [1.807, 2.05) is 49.4 Å². The molecule has 1 atom stereocenters. The molecule has 0 heterocycles. The summed E-state index contributed by atoms with van der Waals surface area (Å²) in [7, 11) is 0. The highest BCUT2D eigenvalue weighted by atomic mass is 35.5. The summed E-state index contributed by atoms with van der Waals surface area (Å²) in [5, 5.41) is 5.94. The van der Waals surface area contributed by atoms with E-state index in [9.17, 15) is 4.79 Å². The standard InChI is InChI=1S/C20H18ClNOS/c1-14(24-18-11-9-17(21)10-12-18)20(23)22-13-16-7-4-6-15-5-2-3-8-19(15)16/h2-12,14H,13H2,1H3,(H,22,23). The normalized spacial score (nSPS) is 12.1. The lowest BCUT2D eigenvalue weighted by Gasteiger charge is -2.13. The maximum absolute atomic E-state index is 12.4. The lowest BCUT2D eigenvalue weighted by molar-refractivity contribution is -0.120. The van der Waals surface area contributed by atoms with Gasteiger partial charge in [0.1, 0.15) is 0 Å². The van der Waals surface area contributed by atoms with Gasteiger partial charge in [-0.1, -0.05) is 54.1 Å². The Kier molecular flexibility index (Phi) is 5.44. The van der Waals surface area contributed by atoms with Crippen LogP contribution in [-0.4, -0.2) is 11.2 Å². The third kappa shape index (κ3) is 4.11. The van der Waals surface area contributed by atoms with Crippen LogP contribution in [-0.2, 0) is 11.3 Å². The molecule has 0 fully saturated rings. The lowest BCUT2D eigenvalue weighted by atomic mass is 10.0. The molecule has 0 saturated heterocycles. The number of carbonyl (C=O) groups is 1. The fourth-order valence-corrected chi connectivity index (χ4v) is 3.56. The molecule has 0 saturated carbocycles. The third-order valence-electron chi connectivity index (χ3n) is 3.83. The smallest absolute Gasteiger partial charge is 0.233 e. The lowest BCUT2D eigenvalue weighted by Crippen LogP contribution is -2.30. The Morgan fingerprint density at radius 3 is 2.54 bits per heavy atom. The van der Waals surface area contributed by atoms with Crippen molar-refractivity contribution < 1.29 is 4.79 Å². The molecule has 2 nitrogen and oxygen atoms in total. The number of rotatable bonds is 5. The Hall–Kier alpha value is -1.97. The van der Waals surface area contributed by atoms with Gasteiger partial charge in [0.05, 0.1) is 5.25 Å². The van der Waals surface area contributed by atoms with Crippen LogP contribution in [0, 0.1) is 0 Å². The van der Waals surface area contributed by atoms with Crippen molar-refractivity contribution in [3.63, 3.8) is 0 Å². The molecule has 0 bridgehead atoms. The average molecular weight is 356 g/mol. The molecule has 0 aliphatic rings. The van der Waals surface area contributed by atoms with Gasteiger partial charge in [-0.15, -0.1) is 11.8 Å². The van der Waals surface area contributed by atoms with E-state index in [4.69, 9.17) is 11.6 Å². The van der Waals surface area contributed by atoms with Gasteiger partial charge >= 0.3 is 0 Å². The van der Waals surface area contributed by atoms with Crippen molar-refractivity contribution in [2.45, 2.75) is 23.6 Å². The second kappa shape index (κ2) is 7.73. The zero-order valence-electron chi connectivity index (χ0n) is 13.3. The predicted molar refractivity (Wildman–Crippen MR) is 103 cm³/mol. The molecule has 3 aromatic rings. The van der Waals surface area contributed by atoms with Crippen molar-refractivity contribution in [2.24, 2.45) is 0 Å². The number of halogens is 1. The maximum atomic E-state index is 12.4. The van der Waals surface area contributed by atoms with Crippen molar-refractivity contribution >= 4 is 40.0 Å². The van der Waals surface area contributed by atoms with E-state index < -0.39 is 0 Å². The van der Waals surface area contributed by atoms with Crippen LogP contribution in [0.4, 0.5) is 0 Å². The van der Waals surface area contributed by atoms with Gasteiger partial charge in [-0.05, 0) is 47.5 Å². The van der Waals surface area contributed by atoms with Crippen LogP contribution in [0.25, 0.3) is 10.8 Å². The minimum Gasteiger partial charge on any atom is -0.351 e. The summed E-state index contributed by atoms with van der Waals surface area (Å²) in [6, 6.07) is 21.9. The van der Waals surface area contributed by atoms with E-state index >= 15 is 0 Å². The molecule has 0 aliphatic heterocycles. The summed E-state index contributed by atoms with van der Waals surface area (Å²) < 4.78 is 0. The number of benzene rings is 3. The first-order chi connectivity index (χ1) is 11.6. The first-order valence-corrected chi connectivity index (χ1v) is 9.06. The van der Waals surface area contributed by atoms with Gasteiger partial charge in [-0.2, -0.15) is 0 Å². The molecule has 1 N–H and O–H groups in total. The molecule has 3 rings (SSSR count). The molecule has 3 aromatic carbocycles. The zero-order valence-corrected chi connectivity index (χ0v) is 14.9. The molecular weight excluding hydrogens is 338 g/mol. The summed E-state index contributed by atoms with van der Waals surface area (Å²) >= 11 is 7.42. The van der Waals surface area contributed by atoms with Gasteiger partial charge in [0.25, 0.3) is 0 Å². The summed E-state index contributed by atoms with van der Waals surface area (Å²) in [5.74, 6) is 0.0304. The first-order valence-electron chi connectivity index (χ1n) is 7.80. The Labute approximate surface area is 151 Å². The fraction of sp³-hybridized carbons (Fsp3) is 0.150. The molecule has 0 aromatic heterocycles. The fourth-order valence-electron chi connectivity index (χ4n) is 2.54. The van der Waals surface area contributed by atoms with Crippen molar-refractivity contribution in [3.05, 3.63) is 77.3 Å². The second-order valence-electron chi connectivity index (χ2n) is 5.57. The molecular formula is C20H18ClNOS. The molecule has 122 valence electrons. The van der Waals surface area contributed by atoms with E-state index in [2.05, 4.69) is 29.6 Å². The molecule has 24 heavy (non-hydrogen) atoms. The topological polar surface area (TPSA) is 29.1 Å². The quantitative estimate of drug-likeness (QED) is 0.630. The van der Waals surface area contributed by atoms with Crippen LogP contribution in [0.5, 0.6) is 0 Å². The number of fused-ring (bicyclic) bond motifs is 1. The number of amides is 1. The Balaban J connectivity index is 1.63. The highest BCUT2D eigenvalue weighted by Crippen LogP contribution is 2.25. The second-order valence-corrected chi connectivity index (χ2v) is 7.42. The van der Waals surface area contributed by atoms with Crippen LogP contribution < -0.4 is 5.32 Å². The third-order valence-corrected chi connectivity index (χ3v) is 5.19. The molecule has 1 unspecified atom stereocenters. The van der Waals surface area contributed by atoms with E-state index in [1.165, 1.54) is 22.5 Å². The first kappa shape index (κ1) is 16.9. The molecule has 4 heteroatoms. The average Bonchev–Trinajstić information content (AvgIpc) is 2.61. The number of hydrogen-bond acceptors (Lipinski definition) is 2. The van der Waals surface area contributed by atoms with Gasteiger partial charge in [0.2, 0.25) is 5.91 Å². The molecule has 0 radical (unpaired) electrons. The monoisotopic (exact) mass is 355 g/mol. The van der Waals surface area contributed by atoms with E-state index in [1.54, 1.807) is 0 Å². The number of hydrogen-bond donors (Lipinski definition) is 1. The van der Waals surface area contributed by atoms with Crippen molar-refractivity contribution in [1.29, 1.82) is 0 Å². The van der Waals surface area contributed by atoms with Crippen LogP contribution in [0.1, 0.15) is 12.5 Å². The van der Waals surface area contributed by atoms with Gasteiger partial charge in [0, 0.05) is 16.5 Å². The number of nitrogens with one attached hydrogen (secondary N) is 1.